The fourth-order valence-corrected chi connectivity index (χ4v) is 22.7. The molecular weight excluding hydrogens is 511 g/mol. The number of fused-ring (bicyclic) bond motifs is 3. The summed E-state index contributed by atoms with van der Waals surface area (Å²) < 4.78 is 18.3. The van der Waals surface area contributed by atoms with Gasteiger partial charge >= 0.3 is 206 Å². The van der Waals surface area contributed by atoms with Crippen LogP contribution in [0.4, 0.5) is 0 Å². The molecule has 1 heterocycles. The summed E-state index contributed by atoms with van der Waals surface area (Å²) in [6.07, 6.45) is 8.10. The van der Waals surface area contributed by atoms with Gasteiger partial charge in [-0.2, -0.15) is 0 Å². The van der Waals surface area contributed by atoms with E-state index >= 15 is 0 Å². The van der Waals surface area contributed by atoms with Gasteiger partial charge in [0.1, 0.15) is 0 Å². The number of ether oxygens (including phenoxy) is 2. The van der Waals surface area contributed by atoms with Crippen molar-refractivity contribution < 1.29 is 9.47 Å². The molecule has 0 bridgehead atoms. The van der Waals surface area contributed by atoms with Crippen molar-refractivity contribution in [3.05, 3.63) is 54.1 Å². The van der Waals surface area contributed by atoms with E-state index in [1.54, 1.807) is 3.58 Å². The van der Waals surface area contributed by atoms with Crippen molar-refractivity contribution >= 4 is 43.5 Å². The SMILES string of the molecule is CCC[CH2][Sn]([CH2]CCC)([CH2]CCC)[c]1cc2ccc(C3(C)OCCO3)cc2c2ccccc12. The van der Waals surface area contributed by atoms with E-state index in [0.29, 0.717) is 13.2 Å². The molecule has 0 amide bonds. The predicted molar refractivity (Wildman–Crippen MR) is 145 cm³/mol. The van der Waals surface area contributed by atoms with Crippen LogP contribution in [0.15, 0.2) is 48.5 Å². The summed E-state index contributed by atoms with van der Waals surface area (Å²) in [7, 11) is 0. The summed E-state index contributed by atoms with van der Waals surface area (Å²) in [6, 6.07) is 18.7. The van der Waals surface area contributed by atoms with Crippen molar-refractivity contribution in [2.75, 3.05) is 13.2 Å². The third kappa shape index (κ3) is 5.13. The second-order valence-corrected chi connectivity index (χ2v) is 23.3. The molecule has 1 aliphatic rings. The van der Waals surface area contributed by atoms with Gasteiger partial charge in [0.15, 0.2) is 0 Å². The van der Waals surface area contributed by atoms with Crippen LogP contribution in [-0.2, 0) is 15.3 Å². The maximum absolute atomic E-state index is 5.99. The van der Waals surface area contributed by atoms with E-state index in [1.807, 2.05) is 0 Å². The predicted octanol–water partition coefficient (Wildman–Crippen LogP) is 8.27. The van der Waals surface area contributed by atoms with Gasteiger partial charge in [0.25, 0.3) is 0 Å². The van der Waals surface area contributed by atoms with Crippen molar-refractivity contribution in [1.82, 2.24) is 0 Å². The molecule has 0 saturated carbocycles. The standard InChI is InChI=1S/C18H15O2.3C4H9.Sn/c1-18(19-10-11-20-18)15-9-8-14-7-6-13-4-2-3-5-16(13)17(14)12-15;3*1-3-4-2;/h2-5,7-9,12H,10-11H2,1H3;3*1,3-4H2,2H3;. The first kappa shape index (κ1) is 25.0. The van der Waals surface area contributed by atoms with Crippen LogP contribution in [0, 0.1) is 0 Å². The molecule has 3 aromatic carbocycles. The average Bonchev–Trinajstić information content (AvgIpc) is 3.31. The first-order valence-electron chi connectivity index (χ1n) is 13.3. The second kappa shape index (κ2) is 11.1. The zero-order valence-corrected chi connectivity index (χ0v) is 24.1. The van der Waals surface area contributed by atoms with Gasteiger partial charge in [-0.05, 0) is 0 Å². The number of rotatable bonds is 11. The minimum atomic E-state index is -2.58. The van der Waals surface area contributed by atoms with Gasteiger partial charge < -0.3 is 0 Å². The van der Waals surface area contributed by atoms with E-state index in [9.17, 15) is 0 Å². The Morgan fingerprint density at radius 1 is 0.727 bits per heavy atom. The summed E-state index contributed by atoms with van der Waals surface area (Å²) in [5.74, 6) is -0.625. The van der Waals surface area contributed by atoms with Crippen LogP contribution in [0.1, 0.15) is 71.8 Å². The molecule has 0 aromatic heterocycles. The van der Waals surface area contributed by atoms with E-state index < -0.39 is 24.2 Å². The van der Waals surface area contributed by atoms with E-state index in [2.05, 4.69) is 76.2 Å². The van der Waals surface area contributed by atoms with Gasteiger partial charge in [0.2, 0.25) is 0 Å². The Morgan fingerprint density at radius 2 is 1.30 bits per heavy atom. The zero-order valence-electron chi connectivity index (χ0n) is 21.2. The first-order valence-corrected chi connectivity index (χ1v) is 20.8. The molecule has 0 spiro atoms. The van der Waals surface area contributed by atoms with Crippen LogP contribution in [0.2, 0.25) is 13.3 Å². The molecule has 0 aliphatic carbocycles. The fourth-order valence-electron chi connectivity index (χ4n) is 5.83. The Balaban J connectivity index is 1.92. The van der Waals surface area contributed by atoms with Crippen molar-refractivity contribution in [3.63, 3.8) is 0 Å². The fraction of sp³-hybridized carbons (Fsp3) is 0.533. The van der Waals surface area contributed by atoms with Crippen LogP contribution >= 0.6 is 0 Å². The normalized spacial score (nSPS) is 16.1. The van der Waals surface area contributed by atoms with E-state index in [0.717, 1.165) is 5.56 Å². The Morgan fingerprint density at radius 3 is 1.88 bits per heavy atom. The summed E-state index contributed by atoms with van der Waals surface area (Å²) >= 11 is -2.58. The van der Waals surface area contributed by atoms with Crippen molar-refractivity contribution in [1.29, 1.82) is 0 Å². The molecule has 1 aliphatic heterocycles. The molecule has 0 atom stereocenters. The molecule has 4 rings (SSSR count). The number of hydrogen-bond donors (Lipinski definition) is 0. The summed E-state index contributed by atoms with van der Waals surface area (Å²) in [4.78, 5) is 0. The summed E-state index contributed by atoms with van der Waals surface area (Å²) in [5, 5.41) is 5.67. The monoisotopic (exact) mass is 554 g/mol. The van der Waals surface area contributed by atoms with Gasteiger partial charge in [-0.15, -0.1) is 0 Å². The second-order valence-electron chi connectivity index (χ2n) is 10.1. The van der Waals surface area contributed by atoms with Gasteiger partial charge in [-0.3, -0.25) is 0 Å². The van der Waals surface area contributed by atoms with Gasteiger partial charge in [-0.1, -0.05) is 0 Å². The molecule has 0 N–H and O–H groups in total. The Labute approximate surface area is 204 Å². The molecule has 1 fully saturated rings. The molecule has 0 radical (unpaired) electrons. The van der Waals surface area contributed by atoms with Crippen LogP contribution in [0.25, 0.3) is 21.5 Å². The molecule has 0 unspecified atom stereocenters. The van der Waals surface area contributed by atoms with Crippen molar-refractivity contribution in [3.8, 4) is 0 Å². The van der Waals surface area contributed by atoms with Crippen LogP contribution in [-0.4, -0.2) is 31.6 Å². The van der Waals surface area contributed by atoms with Crippen molar-refractivity contribution in [2.24, 2.45) is 0 Å². The molecule has 3 aromatic rings. The van der Waals surface area contributed by atoms with Gasteiger partial charge in [0, 0.05) is 0 Å². The van der Waals surface area contributed by atoms with Crippen LogP contribution in [0.5, 0.6) is 0 Å². The van der Waals surface area contributed by atoms with E-state index in [4.69, 9.17) is 9.47 Å². The number of benzene rings is 3. The quantitative estimate of drug-likeness (QED) is 0.176. The Bertz CT molecular complexity index is 1050. The molecular formula is C30H42O2Sn. The zero-order chi connectivity index (χ0) is 23.3. The summed E-state index contributed by atoms with van der Waals surface area (Å²) in [6.45, 7) is 10.5. The van der Waals surface area contributed by atoms with Crippen LogP contribution < -0.4 is 3.58 Å². The van der Waals surface area contributed by atoms with E-state index in [1.165, 1.54) is 73.4 Å². The molecule has 33 heavy (non-hydrogen) atoms. The third-order valence-corrected chi connectivity index (χ3v) is 23.5. The van der Waals surface area contributed by atoms with Gasteiger partial charge in [-0.25, -0.2) is 0 Å². The maximum atomic E-state index is 5.99. The van der Waals surface area contributed by atoms with Crippen molar-refractivity contribution in [2.45, 2.75) is 85.3 Å². The Kier molecular flexibility index (Phi) is 8.41. The topological polar surface area (TPSA) is 18.5 Å². The molecule has 3 heteroatoms. The average molecular weight is 553 g/mol. The first-order chi connectivity index (χ1) is 16.1. The minimum absolute atomic E-state index is 0.625. The van der Waals surface area contributed by atoms with Gasteiger partial charge in [0.05, 0.1) is 0 Å². The molecule has 178 valence electrons. The molecule has 1 saturated heterocycles. The number of hydrogen-bond acceptors (Lipinski definition) is 2. The molecule has 2 nitrogen and oxygen atoms in total. The number of unbranched alkanes of at least 4 members (excludes halogenated alkanes) is 3. The van der Waals surface area contributed by atoms with E-state index in [-0.39, 0.29) is 0 Å². The van der Waals surface area contributed by atoms with Crippen LogP contribution in [0.3, 0.4) is 0 Å². The Hall–Kier alpha value is -1.10. The summed E-state index contributed by atoms with van der Waals surface area (Å²) in [5.41, 5.74) is 1.13. The third-order valence-electron chi connectivity index (χ3n) is 7.82.